The number of hydrogen-bond acceptors (Lipinski definition) is 10. The van der Waals surface area contributed by atoms with E-state index < -0.39 is 54.8 Å². The first-order valence-electron chi connectivity index (χ1n) is 8.12. The monoisotopic (exact) mass is 352 g/mol. The molecule has 0 aromatic rings. The molecule has 3 aliphatic rings. The Kier molecular flexibility index (Phi) is 6.90. The molecule has 0 aliphatic carbocycles. The molecule has 3 heterocycles. The van der Waals surface area contributed by atoms with Gasteiger partial charge < -0.3 is 46.2 Å². The van der Waals surface area contributed by atoms with Crippen LogP contribution in [0.3, 0.4) is 0 Å². The Bertz CT molecular complexity index is 401. The number of hydrogen-bond donors (Lipinski definition) is 9. The molecule has 3 fully saturated rings. The highest BCUT2D eigenvalue weighted by molar-refractivity contribution is 5.01. The van der Waals surface area contributed by atoms with Gasteiger partial charge in [-0.25, -0.2) is 0 Å². The molecule has 10 nitrogen and oxygen atoms in total. The highest BCUT2D eigenvalue weighted by Gasteiger charge is 2.47. The van der Waals surface area contributed by atoms with Crippen molar-refractivity contribution in [3.8, 4) is 0 Å². The third-order valence-electron chi connectivity index (χ3n) is 4.99. The topological polar surface area (TPSA) is 177 Å². The Hall–Kier alpha value is -0.400. The zero-order chi connectivity index (χ0) is 18.0. The molecule has 9 atom stereocenters. The number of rotatable bonds is 1. The second-order valence-corrected chi connectivity index (χ2v) is 6.64. The van der Waals surface area contributed by atoms with E-state index in [2.05, 4.69) is 5.32 Å². The minimum Gasteiger partial charge on any atom is -0.395 e. The maximum Gasteiger partial charge on any atom is 0.109 e. The molecule has 0 radical (unpaired) electrons. The predicted molar refractivity (Wildman–Crippen MR) is 80.9 cm³/mol. The Morgan fingerprint density at radius 3 is 2.04 bits per heavy atom. The molecule has 3 rings (SSSR count). The fraction of sp³-hybridized carbons (Fsp3) is 1.00. The number of fused-ring (bicyclic) bond motifs is 1. The Morgan fingerprint density at radius 1 is 0.792 bits per heavy atom. The van der Waals surface area contributed by atoms with Crippen molar-refractivity contribution in [3.63, 3.8) is 0 Å². The number of β-amino-alcohol motifs (C(OH)–C–C–N with tert-alkyl or cyclic N) is 1. The molecule has 0 bridgehead atoms. The van der Waals surface area contributed by atoms with Crippen molar-refractivity contribution in [2.75, 3.05) is 26.2 Å². The first-order chi connectivity index (χ1) is 11.3. The van der Waals surface area contributed by atoms with Crippen molar-refractivity contribution in [1.82, 2.24) is 10.2 Å². The molecule has 3 aliphatic heterocycles. The molecule has 142 valence electrons. The van der Waals surface area contributed by atoms with Crippen LogP contribution in [0, 0.1) is 0 Å². The summed E-state index contributed by atoms with van der Waals surface area (Å²) in [5.74, 6) is 0. The smallest absolute Gasteiger partial charge is 0.109 e. The molecule has 0 saturated carbocycles. The zero-order valence-electron chi connectivity index (χ0n) is 13.3. The molecular weight excluding hydrogens is 324 g/mol. The maximum atomic E-state index is 9.58. The lowest BCUT2D eigenvalue weighted by molar-refractivity contribution is -0.140. The van der Waals surface area contributed by atoms with Crippen LogP contribution < -0.4 is 5.32 Å². The lowest BCUT2D eigenvalue weighted by Crippen LogP contribution is -2.61. The van der Waals surface area contributed by atoms with E-state index in [4.69, 9.17) is 15.3 Å². The van der Waals surface area contributed by atoms with Crippen molar-refractivity contribution >= 4 is 0 Å². The first kappa shape index (κ1) is 19.9. The van der Waals surface area contributed by atoms with Crippen LogP contribution in [0.25, 0.3) is 0 Å². The van der Waals surface area contributed by atoms with E-state index in [1.54, 1.807) is 0 Å². The standard InChI is InChI=1S/C8H15NO4.C6H13NO4/c10-4-1-2-9-3-5(11)7(12)8(13)6(4)9;8-2-3-5(10)6(11)4(9)1-7-3/h4-8,10-13H,1-3H2;3-11H,1-2H2/t4-,5-,6+,7+,8+;3-,4+,5-,6-/m01/s1. The predicted octanol–water partition coefficient (Wildman–Crippen LogP) is -5.45. The van der Waals surface area contributed by atoms with Gasteiger partial charge in [0.05, 0.1) is 43.1 Å². The number of nitrogens with zero attached hydrogens (tertiary/aromatic N) is 1. The largest absolute Gasteiger partial charge is 0.395 e. The van der Waals surface area contributed by atoms with Gasteiger partial charge in [-0.15, -0.1) is 0 Å². The van der Waals surface area contributed by atoms with Gasteiger partial charge in [-0.05, 0) is 6.42 Å². The van der Waals surface area contributed by atoms with Gasteiger partial charge in [-0.2, -0.15) is 0 Å². The summed E-state index contributed by atoms with van der Waals surface area (Å²) in [6, 6.07) is -0.938. The molecule has 9 N–H and O–H groups in total. The Balaban J connectivity index is 0.000000177. The van der Waals surface area contributed by atoms with Crippen molar-refractivity contribution in [2.45, 2.75) is 61.2 Å². The van der Waals surface area contributed by atoms with Crippen LogP contribution in [0.4, 0.5) is 0 Å². The normalized spacial score (nSPS) is 49.2. The highest BCUT2D eigenvalue weighted by atomic mass is 16.4. The van der Waals surface area contributed by atoms with E-state index in [-0.39, 0.29) is 13.2 Å². The van der Waals surface area contributed by atoms with Gasteiger partial charge in [-0.3, -0.25) is 4.90 Å². The van der Waals surface area contributed by atoms with Gasteiger partial charge in [0.25, 0.3) is 0 Å². The average molecular weight is 352 g/mol. The summed E-state index contributed by atoms with van der Waals surface area (Å²) in [6.07, 6.45) is -6.27. The number of aliphatic hydroxyl groups excluding tert-OH is 8. The Labute approximate surface area is 139 Å². The number of nitrogens with one attached hydrogen (secondary N) is 1. The van der Waals surface area contributed by atoms with Gasteiger partial charge in [-0.1, -0.05) is 0 Å². The summed E-state index contributed by atoms with van der Waals surface area (Å²) < 4.78 is 0. The third-order valence-corrected chi connectivity index (χ3v) is 4.99. The Morgan fingerprint density at radius 2 is 1.42 bits per heavy atom. The van der Waals surface area contributed by atoms with Crippen LogP contribution in [-0.4, -0.2) is 127 Å². The van der Waals surface area contributed by atoms with Gasteiger partial charge in [0, 0.05) is 19.6 Å². The van der Waals surface area contributed by atoms with Gasteiger partial charge in [0.15, 0.2) is 0 Å². The van der Waals surface area contributed by atoms with E-state index in [1.165, 1.54) is 0 Å². The minimum absolute atomic E-state index is 0.198. The van der Waals surface area contributed by atoms with Gasteiger partial charge in [0.2, 0.25) is 0 Å². The van der Waals surface area contributed by atoms with Crippen LogP contribution >= 0.6 is 0 Å². The van der Waals surface area contributed by atoms with Crippen LogP contribution in [0.1, 0.15) is 6.42 Å². The lowest BCUT2D eigenvalue weighted by Gasteiger charge is -2.40. The fourth-order valence-corrected chi connectivity index (χ4v) is 3.45. The molecular formula is C14H28N2O8. The molecule has 0 aromatic carbocycles. The van der Waals surface area contributed by atoms with Crippen molar-refractivity contribution in [1.29, 1.82) is 0 Å². The maximum absolute atomic E-state index is 9.58. The van der Waals surface area contributed by atoms with Gasteiger partial charge >= 0.3 is 0 Å². The van der Waals surface area contributed by atoms with Crippen molar-refractivity contribution in [3.05, 3.63) is 0 Å². The lowest BCUT2D eigenvalue weighted by atomic mass is 9.93. The van der Waals surface area contributed by atoms with E-state index in [1.807, 2.05) is 4.90 Å². The molecule has 3 saturated heterocycles. The van der Waals surface area contributed by atoms with Crippen LogP contribution in [0.15, 0.2) is 0 Å². The van der Waals surface area contributed by atoms with Crippen molar-refractivity contribution in [2.24, 2.45) is 0 Å². The van der Waals surface area contributed by atoms with E-state index in [9.17, 15) is 25.5 Å². The van der Waals surface area contributed by atoms with Crippen LogP contribution in [-0.2, 0) is 0 Å². The molecule has 24 heavy (non-hydrogen) atoms. The summed E-state index contributed by atoms with van der Waals surface area (Å²) in [4.78, 5) is 1.83. The quantitative estimate of drug-likeness (QED) is 0.221. The van der Waals surface area contributed by atoms with Crippen LogP contribution in [0.2, 0.25) is 0 Å². The average Bonchev–Trinajstić information content (AvgIpc) is 2.92. The molecule has 0 unspecified atom stereocenters. The summed E-state index contributed by atoms with van der Waals surface area (Å²) in [7, 11) is 0. The summed E-state index contributed by atoms with van der Waals surface area (Å²) >= 11 is 0. The molecule has 0 aromatic heterocycles. The molecule has 0 amide bonds. The van der Waals surface area contributed by atoms with E-state index in [0.29, 0.717) is 19.5 Å². The number of aliphatic hydroxyl groups is 8. The zero-order valence-corrected chi connectivity index (χ0v) is 13.3. The fourth-order valence-electron chi connectivity index (χ4n) is 3.45. The first-order valence-corrected chi connectivity index (χ1v) is 8.12. The summed E-state index contributed by atoms with van der Waals surface area (Å²) in [5, 5.41) is 76.4. The summed E-state index contributed by atoms with van der Waals surface area (Å²) in [5.41, 5.74) is 0. The van der Waals surface area contributed by atoms with Crippen LogP contribution in [0.5, 0.6) is 0 Å². The summed E-state index contributed by atoms with van der Waals surface area (Å²) in [6.45, 7) is 0.959. The number of piperidine rings is 2. The van der Waals surface area contributed by atoms with Crippen molar-refractivity contribution < 1.29 is 40.9 Å². The van der Waals surface area contributed by atoms with Gasteiger partial charge in [0.1, 0.15) is 18.3 Å². The van der Waals surface area contributed by atoms with E-state index >= 15 is 0 Å². The molecule has 10 heteroatoms. The SMILES string of the molecule is OC[C@H]1NC[C@H](O)[C@@H](O)[C@@H]1O.O[C@H]1[C@H](O)[C@@H](O)CN2CC[C@H](O)[C@H]12. The third kappa shape index (κ3) is 4.05. The van der Waals surface area contributed by atoms with E-state index in [0.717, 1.165) is 0 Å². The second-order valence-electron chi connectivity index (χ2n) is 6.64. The highest BCUT2D eigenvalue weighted by Crippen LogP contribution is 2.27. The second kappa shape index (κ2) is 8.32. The minimum atomic E-state index is -1.16. The molecule has 0 spiro atoms.